The first-order chi connectivity index (χ1) is 15.3. The summed E-state index contributed by atoms with van der Waals surface area (Å²) in [7, 11) is 0. The number of rotatable bonds is 6. The van der Waals surface area contributed by atoms with Crippen LogP contribution in [0.4, 0.5) is 5.69 Å². The summed E-state index contributed by atoms with van der Waals surface area (Å²) in [5.74, 6) is 0.388. The van der Waals surface area contributed by atoms with Gasteiger partial charge in [0.15, 0.2) is 5.65 Å². The van der Waals surface area contributed by atoms with E-state index in [4.69, 9.17) is 10.1 Å². The number of amides is 2. The number of aromatic nitrogens is 4. The summed E-state index contributed by atoms with van der Waals surface area (Å²) < 4.78 is 1.88. The Labute approximate surface area is 188 Å². The lowest BCUT2D eigenvalue weighted by Crippen LogP contribution is -2.32. The Balaban J connectivity index is 1.48. The number of aryl methyl sites for hydroxylation is 2. The van der Waals surface area contributed by atoms with Gasteiger partial charge in [0.2, 0.25) is 11.8 Å². The van der Waals surface area contributed by atoms with Crippen LogP contribution >= 0.6 is 0 Å². The fraction of sp³-hybridized carbons (Fsp3) is 0.458. The van der Waals surface area contributed by atoms with Gasteiger partial charge in [0.05, 0.1) is 17.6 Å². The first-order valence-corrected chi connectivity index (χ1v) is 11.2. The number of hydrogen-bond acceptors (Lipinski definition) is 5. The molecule has 1 atom stereocenters. The third-order valence-electron chi connectivity index (χ3n) is 6.14. The van der Waals surface area contributed by atoms with E-state index in [2.05, 4.69) is 10.3 Å². The van der Waals surface area contributed by atoms with E-state index in [1.807, 2.05) is 49.2 Å². The van der Waals surface area contributed by atoms with E-state index < -0.39 is 0 Å². The van der Waals surface area contributed by atoms with Crippen molar-refractivity contribution in [2.75, 3.05) is 18.4 Å². The van der Waals surface area contributed by atoms with Crippen LogP contribution in [0.1, 0.15) is 55.3 Å². The van der Waals surface area contributed by atoms with E-state index in [0.717, 1.165) is 41.3 Å². The molecule has 0 radical (unpaired) electrons. The Morgan fingerprint density at radius 2 is 2.09 bits per heavy atom. The molecule has 0 bridgehead atoms. The summed E-state index contributed by atoms with van der Waals surface area (Å²) in [6.07, 6.45) is 5.16. The zero-order valence-corrected chi connectivity index (χ0v) is 19.1. The molecule has 168 valence electrons. The van der Waals surface area contributed by atoms with Gasteiger partial charge in [-0.15, -0.1) is 0 Å². The summed E-state index contributed by atoms with van der Waals surface area (Å²) in [6.45, 7) is 9.37. The maximum atomic E-state index is 12.4. The highest BCUT2D eigenvalue weighted by atomic mass is 16.2. The van der Waals surface area contributed by atoms with Crippen LogP contribution in [-0.2, 0) is 16.0 Å². The number of pyridine rings is 1. The standard InChI is InChI=1S/C24H30N6O2/c1-15(2)24(32)29-11-9-18(14-29)21-12-22-26-16(3)20(17(4)30(22)28-21)7-8-23(31)27-19-6-5-10-25-13-19/h5-6,10,12-13,15,18H,7-9,11,14H2,1-4H3,(H,27,31)/t18-/m0/s1. The Bertz CT molecular complexity index is 1140. The summed E-state index contributed by atoms with van der Waals surface area (Å²) in [6, 6.07) is 5.64. The molecule has 1 saturated heterocycles. The molecule has 1 fully saturated rings. The minimum Gasteiger partial charge on any atom is -0.342 e. The highest BCUT2D eigenvalue weighted by Crippen LogP contribution is 2.28. The molecule has 0 saturated carbocycles. The number of likely N-dealkylation sites (tertiary alicyclic amines) is 1. The fourth-order valence-corrected chi connectivity index (χ4v) is 4.37. The van der Waals surface area contributed by atoms with Gasteiger partial charge < -0.3 is 10.2 Å². The van der Waals surface area contributed by atoms with Gasteiger partial charge >= 0.3 is 0 Å². The van der Waals surface area contributed by atoms with Gasteiger partial charge in [0.1, 0.15) is 0 Å². The van der Waals surface area contributed by atoms with Crippen molar-refractivity contribution in [2.45, 2.75) is 52.9 Å². The molecule has 1 aliphatic heterocycles. The van der Waals surface area contributed by atoms with Crippen molar-refractivity contribution in [1.29, 1.82) is 0 Å². The summed E-state index contributed by atoms with van der Waals surface area (Å²) in [5, 5.41) is 7.71. The van der Waals surface area contributed by atoms with Crippen LogP contribution in [0.25, 0.3) is 5.65 Å². The van der Waals surface area contributed by atoms with Crippen LogP contribution in [-0.4, -0.2) is 49.4 Å². The van der Waals surface area contributed by atoms with E-state index in [-0.39, 0.29) is 23.7 Å². The third-order valence-corrected chi connectivity index (χ3v) is 6.14. The number of carbonyl (C=O) groups excluding carboxylic acids is 2. The topological polar surface area (TPSA) is 92.5 Å². The highest BCUT2D eigenvalue weighted by Gasteiger charge is 2.30. The molecular formula is C24H30N6O2. The Morgan fingerprint density at radius 1 is 1.28 bits per heavy atom. The predicted molar refractivity (Wildman–Crippen MR) is 122 cm³/mol. The smallest absolute Gasteiger partial charge is 0.225 e. The Morgan fingerprint density at radius 3 is 2.81 bits per heavy atom. The van der Waals surface area contributed by atoms with Crippen LogP contribution in [0.15, 0.2) is 30.6 Å². The Hall–Kier alpha value is -3.29. The third kappa shape index (κ3) is 4.49. The molecule has 0 aromatic carbocycles. The van der Waals surface area contributed by atoms with Crippen molar-refractivity contribution in [3.8, 4) is 0 Å². The van der Waals surface area contributed by atoms with Crippen LogP contribution in [0.2, 0.25) is 0 Å². The predicted octanol–water partition coefficient (Wildman–Crippen LogP) is 3.28. The van der Waals surface area contributed by atoms with Crippen molar-refractivity contribution < 1.29 is 9.59 Å². The molecule has 2 amide bonds. The normalized spacial score (nSPS) is 16.2. The molecule has 0 unspecified atom stereocenters. The molecule has 0 spiro atoms. The minimum atomic E-state index is -0.0566. The van der Waals surface area contributed by atoms with E-state index in [0.29, 0.717) is 25.1 Å². The Kier molecular flexibility index (Phi) is 6.21. The van der Waals surface area contributed by atoms with Crippen LogP contribution in [0.5, 0.6) is 0 Å². The van der Waals surface area contributed by atoms with E-state index in [9.17, 15) is 9.59 Å². The molecule has 32 heavy (non-hydrogen) atoms. The highest BCUT2D eigenvalue weighted by molar-refractivity contribution is 5.90. The molecule has 1 N–H and O–H groups in total. The number of fused-ring (bicyclic) bond motifs is 1. The fourth-order valence-electron chi connectivity index (χ4n) is 4.37. The van der Waals surface area contributed by atoms with Gasteiger partial charge in [0.25, 0.3) is 0 Å². The van der Waals surface area contributed by atoms with Crippen molar-refractivity contribution >= 4 is 23.1 Å². The van der Waals surface area contributed by atoms with E-state index in [1.54, 1.807) is 18.5 Å². The molecule has 4 heterocycles. The van der Waals surface area contributed by atoms with E-state index >= 15 is 0 Å². The quantitative estimate of drug-likeness (QED) is 0.643. The molecule has 3 aromatic rings. The molecule has 0 aliphatic carbocycles. The van der Waals surface area contributed by atoms with Gasteiger partial charge in [-0.1, -0.05) is 13.8 Å². The molecule has 8 heteroatoms. The van der Waals surface area contributed by atoms with Gasteiger partial charge in [-0.2, -0.15) is 5.10 Å². The van der Waals surface area contributed by atoms with Crippen LogP contribution in [0, 0.1) is 19.8 Å². The monoisotopic (exact) mass is 434 g/mol. The summed E-state index contributed by atoms with van der Waals surface area (Å²) in [4.78, 5) is 35.4. The number of anilines is 1. The van der Waals surface area contributed by atoms with E-state index in [1.165, 1.54) is 0 Å². The van der Waals surface area contributed by atoms with Gasteiger partial charge in [-0.25, -0.2) is 9.50 Å². The maximum Gasteiger partial charge on any atom is 0.225 e. The van der Waals surface area contributed by atoms with Gasteiger partial charge in [-0.3, -0.25) is 14.6 Å². The second-order valence-corrected chi connectivity index (χ2v) is 8.81. The molecule has 8 nitrogen and oxygen atoms in total. The second kappa shape index (κ2) is 9.06. The maximum absolute atomic E-state index is 12.4. The number of hydrogen-bond donors (Lipinski definition) is 1. The average Bonchev–Trinajstić information content (AvgIpc) is 3.41. The van der Waals surface area contributed by atoms with Crippen LogP contribution in [0.3, 0.4) is 0 Å². The molecule has 4 rings (SSSR count). The number of carbonyl (C=O) groups is 2. The van der Waals surface area contributed by atoms with Gasteiger partial charge in [-0.05, 0) is 44.4 Å². The molecular weight excluding hydrogens is 404 g/mol. The largest absolute Gasteiger partial charge is 0.342 e. The van der Waals surface area contributed by atoms with Crippen molar-refractivity contribution in [3.63, 3.8) is 0 Å². The first-order valence-electron chi connectivity index (χ1n) is 11.2. The number of nitrogens with one attached hydrogen (secondary N) is 1. The van der Waals surface area contributed by atoms with Crippen molar-refractivity contribution in [3.05, 3.63) is 53.2 Å². The SMILES string of the molecule is Cc1nc2cc([C@H]3CCN(C(=O)C(C)C)C3)nn2c(C)c1CCC(=O)Nc1cccnc1. The summed E-state index contributed by atoms with van der Waals surface area (Å²) in [5.41, 5.74) is 5.44. The van der Waals surface area contributed by atoms with Crippen molar-refractivity contribution in [2.24, 2.45) is 5.92 Å². The molecule has 1 aliphatic rings. The van der Waals surface area contributed by atoms with Crippen LogP contribution < -0.4 is 5.32 Å². The zero-order chi connectivity index (χ0) is 22.8. The molecule has 3 aromatic heterocycles. The van der Waals surface area contributed by atoms with Gasteiger partial charge in [0, 0.05) is 55.0 Å². The lowest BCUT2D eigenvalue weighted by Gasteiger charge is -2.18. The zero-order valence-electron chi connectivity index (χ0n) is 19.1. The number of nitrogens with zero attached hydrogens (tertiary/aromatic N) is 5. The first kappa shape index (κ1) is 21.9. The average molecular weight is 435 g/mol. The lowest BCUT2D eigenvalue weighted by molar-refractivity contribution is -0.133. The van der Waals surface area contributed by atoms with Crippen molar-refractivity contribution in [1.82, 2.24) is 24.5 Å². The lowest BCUT2D eigenvalue weighted by atomic mass is 10.1. The minimum absolute atomic E-state index is 0.0132. The summed E-state index contributed by atoms with van der Waals surface area (Å²) >= 11 is 0. The second-order valence-electron chi connectivity index (χ2n) is 8.81.